The molecule has 1 aromatic carbocycles. The van der Waals surface area contributed by atoms with Gasteiger partial charge in [0.15, 0.2) is 0 Å². The fourth-order valence-corrected chi connectivity index (χ4v) is 1.76. The minimum atomic E-state index is -0.255. The average molecular weight is 307 g/mol. The lowest BCUT2D eigenvalue weighted by molar-refractivity contribution is 0.0955. The van der Waals surface area contributed by atoms with E-state index in [1.165, 1.54) is 0 Å². The zero-order chi connectivity index (χ0) is 13.0. The number of carbonyl (C=O) groups excluding carboxylic acids is 1. The Balaban J connectivity index is 2.01. The van der Waals surface area contributed by atoms with Crippen molar-refractivity contribution < 1.29 is 4.79 Å². The highest BCUT2D eigenvalue weighted by atomic mass is 79.9. The lowest BCUT2D eigenvalue weighted by atomic mass is 10.2. The molecular formula is C12H11BrN4O. The molecule has 0 fully saturated rings. The molecule has 1 N–H and O–H groups in total. The third-order valence-electron chi connectivity index (χ3n) is 2.31. The highest BCUT2D eigenvalue weighted by molar-refractivity contribution is 9.10. The number of amides is 1. The van der Waals surface area contributed by atoms with E-state index in [-0.39, 0.29) is 5.91 Å². The number of hydrazone groups is 1. The molecule has 0 aliphatic carbocycles. The van der Waals surface area contributed by atoms with Crippen molar-refractivity contribution in [1.82, 2.24) is 15.2 Å². The smallest absolute Gasteiger partial charge is 0.267 e. The number of hydrogen-bond acceptors (Lipinski definition) is 3. The van der Waals surface area contributed by atoms with E-state index in [2.05, 4.69) is 31.6 Å². The molecule has 1 aromatic heterocycles. The Morgan fingerprint density at radius 2 is 2.33 bits per heavy atom. The molecule has 0 atom stereocenters. The van der Waals surface area contributed by atoms with Crippen LogP contribution in [0.2, 0.25) is 0 Å². The van der Waals surface area contributed by atoms with Crippen LogP contribution in [0.15, 0.2) is 46.1 Å². The van der Waals surface area contributed by atoms with E-state index in [9.17, 15) is 4.79 Å². The van der Waals surface area contributed by atoms with Crippen LogP contribution in [-0.4, -0.2) is 21.9 Å². The molecule has 6 heteroatoms. The van der Waals surface area contributed by atoms with E-state index in [4.69, 9.17) is 0 Å². The summed E-state index contributed by atoms with van der Waals surface area (Å²) in [7, 11) is 1.80. The molecule has 0 aliphatic rings. The average Bonchev–Trinajstić information content (AvgIpc) is 2.75. The lowest BCUT2D eigenvalue weighted by Crippen LogP contribution is -2.17. The Bertz CT molecular complexity index is 591. The zero-order valence-corrected chi connectivity index (χ0v) is 11.3. The molecule has 0 unspecified atom stereocenters. The van der Waals surface area contributed by atoms with Crippen LogP contribution in [0.25, 0.3) is 0 Å². The van der Waals surface area contributed by atoms with E-state index in [0.717, 1.165) is 10.2 Å². The molecule has 2 rings (SSSR count). The van der Waals surface area contributed by atoms with Crippen LogP contribution in [0.3, 0.4) is 0 Å². The van der Waals surface area contributed by atoms with Crippen molar-refractivity contribution in [3.8, 4) is 0 Å². The van der Waals surface area contributed by atoms with Gasteiger partial charge in [-0.05, 0) is 24.3 Å². The largest absolute Gasteiger partial charge is 0.271 e. The van der Waals surface area contributed by atoms with Gasteiger partial charge in [-0.25, -0.2) is 5.43 Å². The van der Waals surface area contributed by atoms with Crippen molar-refractivity contribution in [2.24, 2.45) is 12.1 Å². The number of nitrogens with one attached hydrogen (secondary N) is 1. The Labute approximate surface area is 113 Å². The second-order valence-electron chi connectivity index (χ2n) is 3.59. The summed E-state index contributed by atoms with van der Waals surface area (Å²) in [4.78, 5) is 11.7. The van der Waals surface area contributed by atoms with E-state index in [1.54, 1.807) is 48.4 Å². The summed E-state index contributed by atoms with van der Waals surface area (Å²) in [6.07, 6.45) is 3.21. The Kier molecular flexibility index (Phi) is 3.88. The highest BCUT2D eigenvalue weighted by Crippen LogP contribution is 2.11. The van der Waals surface area contributed by atoms with Crippen molar-refractivity contribution >= 4 is 28.1 Å². The van der Waals surface area contributed by atoms with Crippen LogP contribution in [0.1, 0.15) is 16.1 Å². The van der Waals surface area contributed by atoms with Gasteiger partial charge in [-0.15, -0.1) is 0 Å². The van der Waals surface area contributed by atoms with Gasteiger partial charge in [-0.1, -0.05) is 22.0 Å². The minimum absolute atomic E-state index is 0.255. The third kappa shape index (κ3) is 3.04. The predicted molar refractivity (Wildman–Crippen MR) is 72.4 cm³/mol. The number of benzene rings is 1. The van der Waals surface area contributed by atoms with Crippen molar-refractivity contribution in [2.75, 3.05) is 0 Å². The third-order valence-corrected chi connectivity index (χ3v) is 2.80. The fraction of sp³-hybridized carbons (Fsp3) is 0.0833. The van der Waals surface area contributed by atoms with Crippen molar-refractivity contribution in [2.45, 2.75) is 0 Å². The summed E-state index contributed by atoms with van der Waals surface area (Å²) in [5, 5.41) is 7.87. The molecule has 1 amide bonds. The SMILES string of the molecule is Cn1nccc1/C=N\NC(=O)c1cccc(Br)c1. The molecule has 2 aromatic rings. The maximum Gasteiger partial charge on any atom is 0.271 e. The maximum absolute atomic E-state index is 11.7. The molecule has 0 bridgehead atoms. The topological polar surface area (TPSA) is 59.3 Å². The number of rotatable bonds is 3. The van der Waals surface area contributed by atoms with E-state index in [0.29, 0.717) is 5.56 Å². The monoisotopic (exact) mass is 306 g/mol. The van der Waals surface area contributed by atoms with Crippen LogP contribution in [0.5, 0.6) is 0 Å². The Hall–Kier alpha value is -1.95. The van der Waals surface area contributed by atoms with Crippen LogP contribution >= 0.6 is 15.9 Å². The van der Waals surface area contributed by atoms with Gasteiger partial charge in [0, 0.05) is 23.3 Å². The van der Waals surface area contributed by atoms with Gasteiger partial charge in [-0.2, -0.15) is 10.2 Å². The van der Waals surface area contributed by atoms with Gasteiger partial charge in [-0.3, -0.25) is 9.48 Å². The first-order valence-corrected chi connectivity index (χ1v) is 6.03. The Morgan fingerprint density at radius 3 is 3.00 bits per heavy atom. The van der Waals surface area contributed by atoms with Crippen molar-refractivity contribution in [3.05, 3.63) is 52.3 Å². The minimum Gasteiger partial charge on any atom is -0.267 e. The zero-order valence-electron chi connectivity index (χ0n) is 9.67. The van der Waals surface area contributed by atoms with Crippen LogP contribution in [0.4, 0.5) is 0 Å². The van der Waals surface area contributed by atoms with Gasteiger partial charge in [0.05, 0.1) is 11.9 Å². The quantitative estimate of drug-likeness (QED) is 0.696. The normalized spacial score (nSPS) is 10.8. The van der Waals surface area contributed by atoms with Crippen LogP contribution in [0, 0.1) is 0 Å². The molecular weight excluding hydrogens is 296 g/mol. The summed E-state index contributed by atoms with van der Waals surface area (Å²) < 4.78 is 2.51. The molecule has 0 saturated heterocycles. The van der Waals surface area contributed by atoms with Gasteiger partial charge < -0.3 is 0 Å². The first kappa shape index (κ1) is 12.5. The number of halogens is 1. The summed E-state index contributed by atoms with van der Waals surface area (Å²) in [6.45, 7) is 0. The molecule has 18 heavy (non-hydrogen) atoms. The molecule has 92 valence electrons. The van der Waals surface area contributed by atoms with Crippen molar-refractivity contribution in [3.63, 3.8) is 0 Å². The molecule has 0 radical (unpaired) electrons. The highest BCUT2D eigenvalue weighted by Gasteiger charge is 2.03. The lowest BCUT2D eigenvalue weighted by Gasteiger charge is -2.00. The maximum atomic E-state index is 11.7. The summed E-state index contributed by atoms with van der Waals surface area (Å²) in [5.41, 5.74) is 3.82. The number of aryl methyl sites for hydroxylation is 1. The second kappa shape index (κ2) is 5.59. The predicted octanol–water partition coefficient (Wildman–Crippen LogP) is 1.95. The van der Waals surface area contributed by atoms with Crippen molar-refractivity contribution in [1.29, 1.82) is 0 Å². The van der Waals surface area contributed by atoms with E-state index in [1.807, 2.05) is 6.07 Å². The van der Waals surface area contributed by atoms with E-state index < -0.39 is 0 Å². The number of nitrogens with zero attached hydrogens (tertiary/aromatic N) is 3. The van der Waals surface area contributed by atoms with E-state index >= 15 is 0 Å². The van der Waals surface area contributed by atoms with Gasteiger partial charge >= 0.3 is 0 Å². The van der Waals surface area contributed by atoms with Gasteiger partial charge in [0.1, 0.15) is 0 Å². The molecule has 1 heterocycles. The second-order valence-corrected chi connectivity index (χ2v) is 4.50. The summed E-state index contributed by atoms with van der Waals surface area (Å²) in [6, 6.07) is 8.91. The fourth-order valence-electron chi connectivity index (χ4n) is 1.36. The molecule has 5 nitrogen and oxygen atoms in total. The molecule has 0 saturated carbocycles. The Morgan fingerprint density at radius 1 is 1.50 bits per heavy atom. The van der Waals surface area contributed by atoms with Gasteiger partial charge in [0.2, 0.25) is 0 Å². The standard InChI is InChI=1S/C12H11BrN4O/c1-17-11(5-6-15-17)8-14-16-12(18)9-3-2-4-10(13)7-9/h2-8H,1H3,(H,16,18)/b14-8-. The van der Waals surface area contributed by atoms with Gasteiger partial charge in [0.25, 0.3) is 5.91 Å². The number of hydrogen-bond donors (Lipinski definition) is 1. The molecule has 0 aliphatic heterocycles. The summed E-state index contributed by atoms with van der Waals surface area (Å²) in [5.74, 6) is -0.255. The summed E-state index contributed by atoms with van der Waals surface area (Å²) >= 11 is 3.31. The van der Waals surface area contributed by atoms with Crippen LogP contribution in [-0.2, 0) is 7.05 Å². The molecule has 0 spiro atoms. The first-order chi connectivity index (χ1) is 8.66. The first-order valence-electron chi connectivity index (χ1n) is 5.24. The number of carbonyl (C=O) groups is 1. The number of aromatic nitrogens is 2. The van der Waals surface area contributed by atoms with Crippen LogP contribution < -0.4 is 5.43 Å².